The van der Waals surface area contributed by atoms with E-state index < -0.39 is 0 Å². The standard InChI is InChI=1S/C12H15N3S/c1-3-10-8(2)14-12(15-11(10)6-13)9-4-5-16-7-9/h4-5,7H,3,6,13H2,1-2H3. The summed E-state index contributed by atoms with van der Waals surface area (Å²) >= 11 is 1.65. The maximum Gasteiger partial charge on any atom is 0.160 e. The third-order valence-electron chi connectivity index (χ3n) is 2.63. The van der Waals surface area contributed by atoms with Crippen molar-refractivity contribution < 1.29 is 0 Å². The lowest BCUT2D eigenvalue weighted by atomic mass is 10.1. The molecule has 0 fully saturated rings. The van der Waals surface area contributed by atoms with Crippen LogP contribution in [0, 0.1) is 6.92 Å². The molecule has 0 aliphatic rings. The van der Waals surface area contributed by atoms with Crippen molar-refractivity contribution in [3.8, 4) is 11.4 Å². The van der Waals surface area contributed by atoms with E-state index in [-0.39, 0.29) is 0 Å². The van der Waals surface area contributed by atoms with Crippen LogP contribution in [-0.2, 0) is 13.0 Å². The highest BCUT2D eigenvalue weighted by molar-refractivity contribution is 7.08. The normalized spacial score (nSPS) is 10.7. The molecule has 0 spiro atoms. The van der Waals surface area contributed by atoms with Gasteiger partial charge >= 0.3 is 0 Å². The van der Waals surface area contributed by atoms with Gasteiger partial charge in [-0.05, 0) is 30.4 Å². The van der Waals surface area contributed by atoms with Gasteiger partial charge in [-0.2, -0.15) is 11.3 Å². The minimum Gasteiger partial charge on any atom is -0.325 e. The van der Waals surface area contributed by atoms with Crippen molar-refractivity contribution in [3.05, 3.63) is 33.8 Å². The molecule has 0 aromatic carbocycles. The quantitative estimate of drug-likeness (QED) is 0.886. The molecule has 0 saturated heterocycles. The first-order chi connectivity index (χ1) is 7.76. The van der Waals surface area contributed by atoms with Crippen molar-refractivity contribution >= 4 is 11.3 Å². The van der Waals surface area contributed by atoms with Crippen LogP contribution in [0.1, 0.15) is 23.9 Å². The largest absolute Gasteiger partial charge is 0.325 e. The molecule has 0 bridgehead atoms. The first-order valence-corrected chi connectivity index (χ1v) is 6.29. The Morgan fingerprint density at radius 1 is 1.38 bits per heavy atom. The average molecular weight is 233 g/mol. The zero-order valence-electron chi connectivity index (χ0n) is 9.53. The second kappa shape index (κ2) is 4.72. The third kappa shape index (κ3) is 1.99. The summed E-state index contributed by atoms with van der Waals surface area (Å²) in [7, 11) is 0. The predicted octanol–water partition coefficient (Wildman–Crippen LogP) is 2.53. The van der Waals surface area contributed by atoms with E-state index in [1.807, 2.05) is 18.4 Å². The Morgan fingerprint density at radius 3 is 2.75 bits per heavy atom. The zero-order chi connectivity index (χ0) is 11.5. The molecule has 2 aromatic rings. The lowest BCUT2D eigenvalue weighted by Gasteiger charge is -2.09. The Labute approximate surface area is 99.4 Å². The van der Waals surface area contributed by atoms with E-state index in [0.717, 1.165) is 29.2 Å². The predicted molar refractivity (Wildman–Crippen MR) is 67.4 cm³/mol. The molecule has 0 unspecified atom stereocenters. The number of rotatable bonds is 3. The van der Waals surface area contributed by atoms with Crippen LogP contribution in [0.4, 0.5) is 0 Å². The molecule has 3 nitrogen and oxygen atoms in total. The maximum atomic E-state index is 5.73. The van der Waals surface area contributed by atoms with Crippen LogP contribution < -0.4 is 5.73 Å². The van der Waals surface area contributed by atoms with Gasteiger partial charge in [0, 0.05) is 23.2 Å². The van der Waals surface area contributed by atoms with Crippen molar-refractivity contribution in [2.75, 3.05) is 0 Å². The summed E-state index contributed by atoms with van der Waals surface area (Å²) in [5.41, 5.74) is 10.00. The number of nitrogens with zero attached hydrogens (tertiary/aromatic N) is 2. The monoisotopic (exact) mass is 233 g/mol. The highest BCUT2D eigenvalue weighted by Crippen LogP contribution is 2.21. The van der Waals surface area contributed by atoms with E-state index in [1.54, 1.807) is 11.3 Å². The zero-order valence-corrected chi connectivity index (χ0v) is 10.3. The molecule has 0 radical (unpaired) electrons. The first kappa shape index (κ1) is 11.2. The number of hydrogen-bond acceptors (Lipinski definition) is 4. The number of nitrogens with two attached hydrogens (primary N) is 1. The molecule has 0 amide bonds. The SMILES string of the molecule is CCc1c(C)nc(-c2ccsc2)nc1CN. The Bertz CT molecular complexity index is 477. The van der Waals surface area contributed by atoms with E-state index in [2.05, 4.69) is 22.3 Å². The van der Waals surface area contributed by atoms with Crippen LogP contribution in [-0.4, -0.2) is 9.97 Å². The Morgan fingerprint density at radius 2 is 2.19 bits per heavy atom. The Kier molecular flexibility index (Phi) is 3.31. The summed E-state index contributed by atoms with van der Waals surface area (Å²) in [5.74, 6) is 0.788. The summed E-state index contributed by atoms with van der Waals surface area (Å²) in [6, 6.07) is 2.03. The van der Waals surface area contributed by atoms with Crippen molar-refractivity contribution in [2.45, 2.75) is 26.8 Å². The summed E-state index contributed by atoms with van der Waals surface area (Å²) in [5, 5.41) is 4.09. The van der Waals surface area contributed by atoms with E-state index in [1.165, 1.54) is 5.56 Å². The van der Waals surface area contributed by atoms with Gasteiger partial charge in [-0.1, -0.05) is 6.92 Å². The molecule has 2 aromatic heterocycles. The second-order valence-corrected chi connectivity index (χ2v) is 4.41. The summed E-state index contributed by atoms with van der Waals surface area (Å²) < 4.78 is 0. The fraction of sp³-hybridized carbons (Fsp3) is 0.333. The van der Waals surface area contributed by atoms with Gasteiger partial charge in [0.05, 0.1) is 5.69 Å². The Balaban J connectivity index is 2.54. The summed E-state index contributed by atoms with van der Waals surface area (Å²) in [4.78, 5) is 9.07. The van der Waals surface area contributed by atoms with Gasteiger partial charge in [0.2, 0.25) is 0 Å². The maximum absolute atomic E-state index is 5.73. The number of aromatic nitrogens is 2. The van der Waals surface area contributed by atoms with Crippen LogP contribution in [0.25, 0.3) is 11.4 Å². The van der Waals surface area contributed by atoms with Crippen molar-refractivity contribution in [2.24, 2.45) is 5.73 Å². The molecule has 0 aliphatic heterocycles. The Hall–Kier alpha value is -1.26. The van der Waals surface area contributed by atoms with E-state index in [0.29, 0.717) is 6.54 Å². The summed E-state index contributed by atoms with van der Waals surface area (Å²) in [6.45, 7) is 4.61. The molecule has 16 heavy (non-hydrogen) atoms. The number of aryl methyl sites for hydroxylation is 1. The topological polar surface area (TPSA) is 51.8 Å². The number of thiophene rings is 1. The molecule has 2 rings (SSSR count). The average Bonchev–Trinajstić information content (AvgIpc) is 2.81. The van der Waals surface area contributed by atoms with Gasteiger partial charge in [-0.25, -0.2) is 9.97 Å². The van der Waals surface area contributed by atoms with E-state index >= 15 is 0 Å². The van der Waals surface area contributed by atoms with Crippen molar-refractivity contribution in [3.63, 3.8) is 0 Å². The smallest absolute Gasteiger partial charge is 0.160 e. The van der Waals surface area contributed by atoms with Gasteiger partial charge < -0.3 is 5.73 Å². The molecule has 2 heterocycles. The molecule has 0 atom stereocenters. The number of hydrogen-bond donors (Lipinski definition) is 1. The van der Waals surface area contributed by atoms with Crippen LogP contribution >= 0.6 is 11.3 Å². The van der Waals surface area contributed by atoms with Crippen LogP contribution in [0.2, 0.25) is 0 Å². The molecular weight excluding hydrogens is 218 g/mol. The fourth-order valence-electron chi connectivity index (χ4n) is 1.80. The minimum absolute atomic E-state index is 0.476. The summed E-state index contributed by atoms with van der Waals surface area (Å²) in [6.07, 6.45) is 0.933. The lowest BCUT2D eigenvalue weighted by molar-refractivity contribution is 0.892. The van der Waals surface area contributed by atoms with E-state index in [9.17, 15) is 0 Å². The highest BCUT2D eigenvalue weighted by Gasteiger charge is 2.10. The molecule has 2 N–H and O–H groups in total. The fourth-order valence-corrected chi connectivity index (χ4v) is 2.44. The third-order valence-corrected chi connectivity index (χ3v) is 3.31. The van der Waals surface area contributed by atoms with Crippen molar-refractivity contribution in [1.82, 2.24) is 9.97 Å². The molecule has 0 aliphatic carbocycles. The molecule has 0 saturated carbocycles. The molecule has 4 heteroatoms. The van der Waals surface area contributed by atoms with Crippen LogP contribution in [0.15, 0.2) is 16.8 Å². The van der Waals surface area contributed by atoms with Gasteiger partial charge in [0.25, 0.3) is 0 Å². The second-order valence-electron chi connectivity index (χ2n) is 3.63. The van der Waals surface area contributed by atoms with Gasteiger partial charge in [-0.15, -0.1) is 0 Å². The van der Waals surface area contributed by atoms with Gasteiger partial charge in [-0.3, -0.25) is 0 Å². The first-order valence-electron chi connectivity index (χ1n) is 5.35. The van der Waals surface area contributed by atoms with E-state index in [4.69, 9.17) is 5.73 Å². The minimum atomic E-state index is 0.476. The van der Waals surface area contributed by atoms with Gasteiger partial charge in [0.1, 0.15) is 0 Å². The van der Waals surface area contributed by atoms with Crippen LogP contribution in [0.5, 0.6) is 0 Å². The lowest BCUT2D eigenvalue weighted by Crippen LogP contribution is -2.09. The van der Waals surface area contributed by atoms with Crippen molar-refractivity contribution in [1.29, 1.82) is 0 Å². The van der Waals surface area contributed by atoms with Gasteiger partial charge in [0.15, 0.2) is 5.82 Å². The molecular formula is C12H15N3S. The molecule has 84 valence electrons. The highest BCUT2D eigenvalue weighted by atomic mass is 32.1. The van der Waals surface area contributed by atoms with Crippen LogP contribution in [0.3, 0.4) is 0 Å².